The molecule has 0 bridgehead atoms. The number of hydrogen-bond acceptors (Lipinski definition) is 4. The molecule has 1 fully saturated rings. The number of rotatable bonds is 6. The third-order valence-electron chi connectivity index (χ3n) is 5.63. The molecule has 136 valence electrons. The van der Waals surface area contributed by atoms with Gasteiger partial charge in [0, 0.05) is 18.8 Å². The Labute approximate surface area is 154 Å². The van der Waals surface area contributed by atoms with E-state index in [9.17, 15) is 9.59 Å². The van der Waals surface area contributed by atoms with Crippen molar-refractivity contribution >= 4 is 11.8 Å². The molecule has 1 N–H and O–H groups in total. The first-order valence-corrected chi connectivity index (χ1v) is 9.63. The van der Waals surface area contributed by atoms with Gasteiger partial charge in [-0.05, 0) is 50.3 Å². The number of aryl methyl sites for hydroxylation is 1. The lowest BCUT2D eigenvalue weighted by molar-refractivity contribution is -0.139. The number of allylic oxidation sites excluding steroid dienone is 2. The molecule has 1 aromatic rings. The van der Waals surface area contributed by atoms with Crippen LogP contribution in [-0.2, 0) is 16.0 Å². The highest BCUT2D eigenvalue weighted by molar-refractivity contribution is 6.07. The summed E-state index contributed by atoms with van der Waals surface area (Å²) in [7, 11) is 0. The third kappa shape index (κ3) is 3.23. The second-order valence-corrected chi connectivity index (χ2v) is 7.30. The Morgan fingerprint density at radius 1 is 1.12 bits per heavy atom. The lowest BCUT2D eigenvalue weighted by atomic mass is 9.91. The van der Waals surface area contributed by atoms with Crippen LogP contribution in [0.1, 0.15) is 43.0 Å². The van der Waals surface area contributed by atoms with E-state index in [4.69, 9.17) is 0 Å². The molecule has 2 amide bonds. The molecule has 26 heavy (non-hydrogen) atoms. The van der Waals surface area contributed by atoms with Crippen molar-refractivity contribution in [2.24, 2.45) is 11.8 Å². The fourth-order valence-corrected chi connectivity index (χ4v) is 4.25. The summed E-state index contributed by atoms with van der Waals surface area (Å²) in [6, 6.07) is 4.50. The van der Waals surface area contributed by atoms with Gasteiger partial charge in [-0.3, -0.25) is 19.5 Å². The van der Waals surface area contributed by atoms with Crippen molar-refractivity contribution in [1.82, 2.24) is 15.2 Å². The lowest BCUT2D eigenvalue weighted by Crippen LogP contribution is -2.32. The van der Waals surface area contributed by atoms with Crippen molar-refractivity contribution in [2.75, 3.05) is 13.1 Å². The normalized spacial score (nSPS) is 26.9. The Hall–Kier alpha value is -2.27. The summed E-state index contributed by atoms with van der Waals surface area (Å²) in [6.07, 6.45) is 14.5. The number of nitrogens with one attached hydrogen (secondary N) is 1. The first kappa shape index (κ1) is 17.2. The Morgan fingerprint density at radius 2 is 1.88 bits per heavy atom. The molecular weight excluding hydrogens is 326 g/mol. The standard InChI is InChI=1S/C21H25N3O2/c25-20-16-9-1-2-10-17(16)21(26)24(20)14-4-3-12-22-18-11-5-7-15-8-6-13-23-19(15)18/h1-2,6,8-10,13,16-18,22H,3-5,7,11-12,14H2. The van der Waals surface area contributed by atoms with E-state index < -0.39 is 0 Å². The van der Waals surface area contributed by atoms with Crippen LogP contribution in [0.3, 0.4) is 0 Å². The summed E-state index contributed by atoms with van der Waals surface area (Å²) in [5.74, 6) is -0.649. The van der Waals surface area contributed by atoms with Crippen molar-refractivity contribution in [3.8, 4) is 0 Å². The Balaban J connectivity index is 1.24. The summed E-state index contributed by atoms with van der Waals surface area (Å²) in [4.78, 5) is 30.8. The van der Waals surface area contributed by atoms with Crippen molar-refractivity contribution in [2.45, 2.75) is 38.1 Å². The van der Waals surface area contributed by atoms with Crippen molar-refractivity contribution in [1.29, 1.82) is 0 Å². The molecule has 1 aliphatic heterocycles. The van der Waals surface area contributed by atoms with Gasteiger partial charge in [0.15, 0.2) is 0 Å². The van der Waals surface area contributed by atoms with Gasteiger partial charge in [-0.2, -0.15) is 0 Å². The minimum atomic E-state index is -0.282. The monoisotopic (exact) mass is 351 g/mol. The maximum atomic E-state index is 12.4. The quantitative estimate of drug-likeness (QED) is 0.632. The number of carbonyl (C=O) groups excluding carboxylic acids is 2. The maximum absolute atomic E-state index is 12.4. The van der Waals surface area contributed by atoms with E-state index in [1.807, 2.05) is 36.6 Å². The summed E-state index contributed by atoms with van der Waals surface area (Å²) in [6.45, 7) is 1.40. The molecule has 1 aromatic heterocycles. The molecule has 5 heteroatoms. The van der Waals surface area contributed by atoms with E-state index in [0.717, 1.165) is 32.2 Å². The van der Waals surface area contributed by atoms with Crippen LogP contribution >= 0.6 is 0 Å². The average molecular weight is 351 g/mol. The Morgan fingerprint density at radius 3 is 2.65 bits per heavy atom. The first-order valence-electron chi connectivity index (χ1n) is 9.63. The molecule has 3 atom stereocenters. The van der Waals surface area contributed by atoms with Gasteiger partial charge in [0.05, 0.1) is 17.5 Å². The molecular formula is C21H25N3O2. The Bertz CT molecular complexity index is 725. The van der Waals surface area contributed by atoms with Crippen LogP contribution in [0.2, 0.25) is 0 Å². The number of carbonyl (C=O) groups is 2. The highest BCUT2D eigenvalue weighted by Gasteiger charge is 2.44. The van der Waals surface area contributed by atoms with Crippen molar-refractivity contribution in [3.63, 3.8) is 0 Å². The summed E-state index contributed by atoms with van der Waals surface area (Å²) >= 11 is 0. The van der Waals surface area contributed by atoms with E-state index in [1.54, 1.807) is 0 Å². The highest BCUT2D eigenvalue weighted by Crippen LogP contribution is 2.31. The molecule has 0 radical (unpaired) electrons. The zero-order valence-corrected chi connectivity index (χ0v) is 14.9. The fraction of sp³-hybridized carbons (Fsp3) is 0.476. The Kier molecular flexibility index (Phi) is 4.98. The summed E-state index contributed by atoms with van der Waals surface area (Å²) < 4.78 is 0. The van der Waals surface area contributed by atoms with E-state index in [-0.39, 0.29) is 23.7 Å². The van der Waals surface area contributed by atoms with Gasteiger partial charge >= 0.3 is 0 Å². The van der Waals surface area contributed by atoms with Gasteiger partial charge in [0.25, 0.3) is 0 Å². The molecule has 4 rings (SSSR count). The zero-order chi connectivity index (χ0) is 17.9. The number of unbranched alkanes of at least 4 members (excludes halogenated alkanes) is 1. The minimum absolute atomic E-state index is 0.0426. The molecule has 5 nitrogen and oxygen atoms in total. The van der Waals surface area contributed by atoms with Crippen LogP contribution in [0, 0.1) is 11.8 Å². The molecule has 3 unspecified atom stereocenters. The van der Waals surface area contributed by atoms with Gasteiger partial charge in [-0.25, -0.2) is 0 Å². The average Bonchev–Trinajstić information content (AvgIpc) is 2.93. The number of aromatic nitrogens is 1. The van der Waals surface area contributed by atoms with Crippen molar-refractivity contribution in [3.05, 3.63) is 53.9 Å². The maximum Gasteiger partial charge on any atom is 0.237 e. The summed E-state index contributed by atoms with van der Waals surface area (Å²) in [5, 5.41) is 3.60. The second kappa shape index (κ2) is 7.54. The predicted octanol–water partition coefficient (Wildman–Crippen LogP) is 2.56. The van der Waals surface area contributed by atoms with Crippen LogP contribution in [0.15, 0.2) is 42.6 Å². The SMILES string of the molecule is O=C1C2C=CC=CC2C(=O)N1CCCCNC1CCCc2cccnc21. The second-order valence-electron chi connectivity index (χ2n) is 7.30. The van der Waals surface area contributed by atoms with Gasteiger partial charge < -0.3 is 5.32 Å². The number of fused-ring (bicyclic) bond motifs is 2. The van der Waals surface area contributed by atoms with Gasteiger partial charge in [-0.15, -0.1) is 0 Å². The number of hydrogen-bond donors (Lipinski definition) is 1. The molecule has 2 aliphatic carbocycles. The van der Waals surface area contributed by atoms with Crippen LogP contribution in [-0.4, -0.2) is 34.8 Å². The van der Waals surface area contributed by atoms with Crippen LogP contribution < -0.4 is 5.32 Å². The highest BCUT2D eigenvalue weighted by atomic mass is 16.2. The molecule has 1 saturated heterocycles. The largest absolute Gasteiger partial charge is 0.309 e. The molecule has 3 aliphatic rings. The summed E-state index contributed by atoms with van der Waals surface area (Å²) in [5.41, 5.74) is 2.54. The molecule has 0 saturated carbocycles. The van der Waals surface area contributed by atoms with E-state index in [2.05, 4.69) is 16.4 Å². The topological polar surface area (TPSA) is 62.3 Å². The van der Waals surface area contributed by atoms with Gasteiger partial charge in [-0.1, -0.05) is 30.4 Å². The molecule has 0 aromatic carbocycles. The number of amides is 2. The number of likely N-dealkylation sites (tertiary alicyclic amines) is 1. The molecule has 0 spiro atoms. The molecule has 2 heterocycles. The number of pyridine rings is 1. The van der Waals surface area contributed by atoms with Crippen LogP contribution in [0.5, 0.6) is 0 Å². The first-order chi connectivity index (χ1) is 12.8. The van der Waals surface area contributed by atoms with E-state index in [1.165, 1.54) is 22.6 Å². The smallest absolute Gasteiger partial charge is 0.237 e. The third-order valence-corrected chi connectivity index (χ3v) is 5.63. The van der Waals surface area contributed by atoms with E-state index >= 15 is 0 Å². The van der Waals surface area contributed by atoms with Gasteiger partial charge in [0.2, 0.25) is 11.8 Å². The lowest BCUT2D eigenvalue weighted by Gasteiger charge is -2.25. The van der Waals surface area contributed by atoms with Crippen molar-refractivity contribution < 1.29 is 9.59 Å². The predicted molar refractivity (Wildman–Crippen MR) is 99.1 cm³/mol. The fourth-order valence-electron chi connectivity index (χ4n) is 4.25. The minimum Gasteiger partial charge on any atom is -0.309 e. The zero-order valence-electron chi connectivity index (χ0n) is 14.9. The van der Waals surface area contributed by atoms with Crippen LogP contribution in [0.25, 0.3) is 0 Å². The number of nitrogens with zero attached hydrogens (tertiary/aromatic N) is 2. The number of imide groups is 1. The van der Waals surface area contributed by atoms with E-state index in [0.29, 0.717) is 12.6 Å². The van der Waals surface area contributed by atoms with Crippen LogP contribution in [0.4, 0.5) is 0 Å². The van der Waals surface area contributed by atoms with Gasteiger partial charge in [0.1, 0.15) is 0 Å².